The van der Waals surface area contributed by atoms with E-state index in [-0.39, 0.29) is 6.10 Å². The molecule has 0 radical (unpaired) electrons. The van der Waals surface area contributed by atoms with E-state index < -0.39 is 0 Å². The zero-order valence-corrected chi connectivity index (χ0v) is 13.7. The molecule has 0 spiro atoms. The Morgan fingerprint density at radius 2 is 1.78 bits per heavy atom. The van der Waals surface area contributed by atoms with E-state index in [4.69, 9.17) is 9.47 Å². The maximum Gasteiger partial charge on any atom is 0.162 e. The van der Waals surface area contributed by atoms with Crippen LogP contribution in [0.4, 0.5) is 0 Å². The summed E-state index contributed by atoms with van der Waals surface area (Å²) in [6, 6.07) is 18.5. The van der Waals surface area contributed by atoms with E-state index in [0.29, 0.717) is 12.5 Å². The second-order valence-corrected chi connectivity index (χ2v) is 5.94. The molecule has 0 saturated carbocycles. The highest BCUT2D eigenvalue weighted by Crippen LogP contribution is 2.36. The van der Waals surface area contributed by atoms with Crippen molar-refractivity contribution in [2.24, 2.45) is 5.92 Å². The molecule has 1 saturated heterocycles. The fourth-order valence-electron chi connectivity index (χ4n) is 3.18. The first-order valence-electron chi connectivity index (χ1n) is 8.52. The third kappa shape index (κ3) is 4.05. The highest BCUT2D eigenvalue weighted by molar-refractivity contribution is 5.40. The number of hydrogen-bond acceptors (Lipinski definition) is 3. The van der Waals surface area contributed by atoms with Crippen LogP contribution in [0.2, 0.25) is 0 Å². The molecule has 0 aliphatic carbocycles. The van der Waals surface area contributed by atoms with Crippen molar-refractivity contribution in [2.75, 3.05) is 19.7 Å². The lowest BCUT2D eigenvalue weighted by atomic mass is 9.89. The summed E-state index contributed by atoms with van der Waals surface area (Å²) in [5.74, 6) is 2.12. The Balaban J connectivity index is 1.86. The third-order valence-corrected chi connectivity index (χ3v) is 4.29. The molecule has 1 heterocycles. The van der Waals surface area contributed by atoms with Gasteiger partial charge in [0.2, 0.25) is 0 Å². The van der Waals surface area contributed by atoms with Gasteiger partial charge in [0.25, 0.3) is 0 Å². The highest BCUT2D eigenvalue weighted by atomic mass is 16.5. The van der Waals surface area contributed by atoms with Gasteiger partial charge in [-0.3, -0.25) is 0 Å². The maximum atomic E-state index is 6.46. The smallest absolute Gasteiger partial charge is 0.162 e. The lowest BCUT2D eigenvalue weighted by Gasteiger charge is -2.32. The molecule has 1 fully saturated rings. The predicted molar refractivity (Wildman–Crippen MR) is 93.0 cm³/mol. The largest absolute Gasteiger partial charge is 0.490 e. The lowest BCUT2D eigenvalue weighted by Crippen LogP contribution is -2.35. The minimum absolute atomic E-state index is 0.0469. The van der Waals surface area contributed by atoms with Crippen LogP contribution in [0.25, 0.3) is 0 Å². The van der Waals surface area contributed by atoms with E-state index in [1.54, 1.807) is 0 Å². The van der Waals surface area contributed by atoms with Gasteiger partial charge in [-0.2, -0.15) is 0 Å². The predicted octanol–water partition coefficient (Wildman–Crippen LogP) is 4.21. The third-order valence-electron chi connectivity index (χ3n) is 4.29. The average molecular weight is 311 g/mol. The van der Waals surface area contributed by atoms with Crippen LogP contribution in [0.5, 0.6) is 11.5 Å². The van der Waals surface area contributed by atoms with Gasteiger partial charge in [-0.25, -0.2) is 0 Å². The van der Waals surface area contributed by atoms with Crippen LogP contribution in [0, 0.1) is 5.92 Å². The topological polar surface area (TPSA) is 30.5 Å². The minimum Gasteiger partial charge on any atom is -0.490 e. The fourth-order valence-corrected chi connectivity index (χ4v) is 3.18. The first-order valence-corrected chi connectivity index (χ1v) is 8.52. The summed E-state index contributed by atoms with van der Waals surface area (Å²) in [7, 11) is 0. The van der Waals surface area contributed by atoms with Gasteiger partial charge in [-0.05, 0) is 44.0 Å². The SMILES string of the molecule is CCOc1ccccc1O[C@H](c1ccccc1)C1CCCNC1. The van der Waals surface area contributed by atoms with Crippen molar-refractivity contribution in [3.63, 3.8) is 0 Å². The summed E-state index contributed by atoms with van der Waals surface area (Å²) in [6.07, 6.45) is 2.43. The zero-order valence-electron chi connectivity index (χ0n) is 13.7. The van der Waals surface area contributed by atoms with Crippen LogP contribution in [-0.4, -0.2) is 19.7 Å². The lowest BCUT2D eigenvalue weighted by molar-refractivity contribution is 0.111. The molecule has 3 heteroatoms. The van der Waals surface area contributed by atoms with Crippen molar-refractivity contribution in [3.8, 4) is 11.5 Å². The number of ether oxygens (including phenoxy) is 2. The van der Waals surface area contributed by atoms with E-state index in [0.717, 1.165) is 24.6 Å². The molecule has 0 aromatic heterocycles. The summed E-state index contributed by atoms with van der Waals surface area (Å²) in [5, 5.41) is 3.50. The summed E-state index contributed by atoms with van der Waals surface area (Å²) >= 11 is 0. The van der Waals surface area contributed by atoms with Crippen molar-refractivity contribution in [2.45, 2.75) is 25.9 Å². The maximum absolute atomic E-state index is 6.46. The Kier molecular flexibility index (Phi) is 5.54. The molecule has 2 aromatic rings. The van der Waals surface area contributed by atoms with Crippen LogP contribution < -0.4 is 14.8 Å². The Morgan fingerprint density at radius 1 is 1.04 bits per heavy atom. The van der Waals surface area contributed by atoms with Crippen LogP contribution in [0.15, 0.2) is 54.6 Å². The van der Waals surface area contributed by atoms with Crippen molar-refractivity contribution in [1.82, 2.24) is 5.32 Å². The van der Waals surface area contributed by atoms with E-state index in [2.05, 4.69) is 29.6 Å². The molecule has 1 aliphatic heterocycles. The number of piperidine rings is 1. The van der Waals surface area contributed by atoms with E-state index in [9.17, 15) is 0 Å². The molecular formula is C20H25NO2. The summed E-state index contributed by atoms with van der Waals surface area (Å²) < 4.78 is 12.2. The van der Waals surface area contributed by atoms with Crippen molar-refractivity contribution >= 4 is 0 Å². The van der Waals surface area contributed by atoms with Gasteiger partial charge in [0.1, 0.15) is 6.10 Å². The Bertz CT molecular complexity index is 594. The van der Waals surface area contributed by atoms with Gasteiger partial charge < -0.3 is 14.8 Å². The second kappa shape index (κ2) is 8.02. The van der Waals surface area contributed by atoms with Gasteiger partial charge in [-0.15, -0.1) is 0 Å². The number of hydrogen-bond donors (Lipinski definition) is 1. The summed E-state index contributed by atoms with van der Waals surface area (Å²) in [4.78, 5) is 0. The van der Waals surface area contributed by atoms with Crippen LogP contribution in [-0.2, 0) is 0 Å². The van der Waals surface area contributed by atoms with Crippen molar-refractivity contribution in [1.29, 1.82) is 0 Å². The Hall–Kier alpha value is -2.00. The van der Waals surface area contributed by atoms with Crippen LogP contribution >= 0.6 is 0 Å². The minimum atomic E-state index is 0.0469. The molecule has 2 aromatic carbocycles. The summed E-state index contributed by atoms with van der Waals surface area (Å²) in [5.41, 5.74) is 1.23. The number of benzene rings is 2. The monoisotopic (exact) mass is 311 g/mol. The molecule has 122 valence electrons. The molecule has 23 heavy (non-hydrogen) atoms. The normalized spacial score (nSPS) is 19.1. The molecular weight excluding hydrogens is 286 g/mol. The highest BCUT2D eigenvalue weighted by Gasteiger charge is 2.27. The molecule has 3 rings (SSSR count). The van der Waals surface area contributed by atoms with Crippen LogP contribution in [0.1, 0.15) is 31.4 Å². The summed E-state index contributed by atoms with van der Waals surface area (Å²) in [6.45, 7) is 4.74. The Labute approximate surface area is 138 Å². The number of nitrogens with one attached hydrogen (secondary N) is 1. The van der Waals surface area contributed by atoms with E-state index in [1.165, 1.54) is 18.4 Å². The molecule has 1 aliphatic rings. The standard InChI is InChI=1S/C20H25NO2/c1-2-22-18-12-6-7-13-19(18)23-20(16-9-4-3-5-10-16)17-11-8-14-21-15-17/h3-7,9-10,12-13,17,20-21H,2,8,11,14-15H2,1H3/t17?,20-/m1/s1. The number of rotatable bonds is 6. The van der Waals surface area contributed by atoms with Gasteiger partial charge in [0, 0.05) is 12.5 Å². The number of para-hydroxylation sites is 2. The van der Waals surface area contributed by atoms with Gasteiger partial charge in [-0.1, -0.05) is 42.5 Å². The molecule has 2 atom stereocenters. The first kappa shape index (κ1) is 15.9. The molecule has 0 bridgehead atoms. The van der Waals surface area contributed by atoms with Gasteiger partial charge >= 0.3 is 0 Å². The Morgan fingerprint density at radius 3 is 2.48 bits per heavy atom. The fraction of sp³-hybridized carbons (Fsp3) is 0.400. The van der Waals surface area contributed by atoms with Crippen molar-refractivity contribution < 1.29 is 9.47 Å². The van der Waals surface area contributed by atoms with Gasteiger partial charge in [0.15, 0.2) is 11.5 Å². The van der Waals surface area contributed by atoms with Gasteiger partial charge in [0.05, 0.1) is 6.61 Å². The van der Waals surface area contributed by atoms with Crippen LogP contribution in [0.3, 0.4) is 0 Å². The first-order chi connectivity index (χ1) is 11.4. The zero-order chi connectivity index (χ0) is 15.9. The second-order valence-electron chi connectivity index (χ2n) is 5.94. The average Bonchev–Trinajstić information content (AvgIpc) is 2.63. The quantitative estimate of drug-likeness (QED) is 0.867. The molecule has 1 unspecified atom stereocenters. The van der Waals surface area contributed by atoms with E-state index >= 15 is 0 Å². The molecule has 0 amide bonds. The molecule has 3 nitrogen and oxygen atoms in total. The van der Waals surface area contributed by atoms with Crippen molar-refractivity contribution in [3.05, 3.63) is 60.2 Å². The van der Waals surface area contributed by atoms with E-state index in [1.807, 2.05) is 37.3 Å². The molecule has 1 N–H and O–H groups in total.